The van der Waals surface area contributed by atoms with Gasteiger partial charge in [-0.05, 0) is 24.2 Å². The number of aliphatic hydroxyl groups excluding tert-OH is 1. The van der Waals surface area contributed by atoms with E-state index in [1.165, 1.54) is 25.0 Å². The van der Waals surface area contributed by atoms with Gasteiger partial charge in [0.1, 0.15) is 0 Å². The number of hydrogen-bond donors (Lipinski definition) is 2. The third-order valence-corrected chi connectivity index (χ3v) is 4.57. The highest BCUT2D eigenvalue weighted by Crippen LogP contribution is 2.24. The van der Waals surface area contributed by atoms with Crippen molar-refractivity contribution in [1.29, 1.82) is 0 Å². The number of nitrogens with one attached hydrogen (secondary N) is 1. The highest BCUT2D eigenvalue weighted by atomic mass is 32.2. The summed E-state index contributed by atoms with van der Waals surface area (Å²) in [5, 5.41) is 14.1. The minimum atomic E-state index is -0.384. The zero-order valence-corrected chi connectivity index (χ0v) is 11.0. The van der Waals surface area contributed by atoms with E-state index < -0.39 is 0 Å². The lowest BCUT2D eigenvalue weighted by molar-refractivity contribution is 0.175. The number of aliphatic hydroxyl groups is 1. The van der Waals surface area contributed by atoms with E-state index in [1.54, 1.807) is 0 Å². The Hall–Kier alpha value is -0.510. The molecule has 0 amide bonds. The SMILES string of the molecule is OC(CNCC1CCCCS1)c1ccccc1. The molecule has 1 heterocycles. The Kier molecular flexibility index (Phi) is 5.36. The first-order valence-electron chi connectivity index (χ1n) is 6.41. The predicted molar refractivity (Wildman–Crippen MR) is 74.4 cm³/mol. The Morgan fingerprint density at radius 1 is 1.29 bits per heavy atom. The van der Waals surface area contributed by atoms with Crippen LogP contribution in [0.5, 0.6) is 0 Å². The van der Waals surface area contributed by atoms with E-state index >= 15 is 0 Å². The summed E-state index contributed by atoms with van der Waals surface area (Å²) in [7, 11) is 0. The van der Waals surface area contributed by atoms with Crippen LogP contribution in [0.15, 0.2) is 30.3 Å². The van der Waals surface area contributed by atoms with Crippen LogP contribution in [0, 0.1) is 0 Å². The van der Waals surface area contributed by atoms with Crippen LogP contribution in [0.25, 0.3) is 0 Å². The Labute approximate surface area is 108 Å². The van der Waals surface area contributed by atoms with Gasteiger partial charge in [-0.1, -0.05) is 36.8 Å². The predicted octanol–water partition coefficient (Wildman–Crippen LogP) is 2.60. The Morgan fingerprint density at radius 3 is 2.82 bits per heavy atom. The van der Waals surface area contributed by atoms with Crippen LogP contribution in [-0.4, -0.2) is 29.2 Å². The third-order valence-electron chi connectivity index (χ3n) is 3.17. The molecule has 2 atom stereocenters. The maximum absolute atomic E-state index is 9.98. The van der Waals surface area contributed by atoms with Crippen molar-refractivity contribution in [2.45, 2.75) is 30.6 Å². The fourth-order valence-electron chi connectivity index (χ4n) is 2.14. The van der Waals surface area contributed by atoms with Gasteiger partial charge < -0.3 is 10.4 Å². The maximum atomic E-state index is 9.98. The molecule has 1 aromatic rings. The van der Waals surface area contributed by atoms with Crippen LogP contribution < -0.4 is 5.32 Å². The summed E-state index contributed by atoms with van der Waals surface area (Å²) < 4.78 is 0. The minimum absolute atomic E-state index is 0.384. The van der Waals surface area contributed by atoms with Gasteiger partial charge in [0.15, 0.2) is 0 Å². The molecule has 1 aliphatic heterocycles. The second-order valence-corrected chi connectivity index (χ2v) is 5.98. The fraction of sp³-hybridized carbons (Fsp3) is 0.571. The normalized spacial score (nSPS) is 22.3. The van der Waals surface area contributed by atoms with Crippen molar-refractivity contribution in [3.8, 4) is 0 Å². The number of hydrogen-bond acceptors (Lipinski definition) is 3. The molecular formula is C14H21NOS. The van der Waals surface area contributed by atoms with Crippen LogP contribution in [-0.2, 0) is 0 Å². The first-order chi connectivity index (χ1) is 8.36. The molecule has 2 N–H and O–H groups in total. The minimum Gasteiger partial charge on any atom is -0.387 e. The molecule has 0 bridgehead atoms. The van der Waals surface area contributed by atoms with Crippen LogP contribution in [0.2, 0.25) is 0 Å². The van der Waals surface area contributed by atoms with Gasteiger partial charge in [0.2, 0.25) is 0 Å². The Balaban J connectivity index is 1.67. The van der Waals surface area contributed by atoms with Crippen molar-refractivity contribution in [1.82, 2.24) is 5.32 Å². The van der Waals surface area contributed by atoms with E-state index in [4.69, 9.17) is 0 Å². The van der Waals surface area contributed by atoms with Gasteiger partial charge >= 0.3 is 0 Å². The summed E-state index contributed by atoms with van der Waals surface area (Å²) in [5.74, 6) is 1.30. The summed E-state index contributed by atoms with van der Waals surface area (Å²) in [4.78, 5) is 0. The number of rotatable bonds is 5. The molecule has 0 saturated carbocycles. The zero-order valence-electron chi connectivity index (χ0n) is 10.1. The average Bonchev–Trinajstić information content (AvgIpc) is 2.41. The molecule has 2 nitrogen and oxygen atoms in total. The summed E-state index contributed by atoms with van der Waals surface area (Å²) >= 11 is 2.07. The second-order valence-electron chi connectivity index (χ2n) is 4.57. The van der Waals surface area contributed by atoms with Crippen LogP contribution in [0.4, 0.5) is 0 Å². The quantitative estimate of drug-likeness (QED) is 0.843. The van der Waals surface area contributed by atoms with E-state index in [-0.39, 0.29) is 6.10 Å². The van der Waals surface area contributed by atoms with Gasteiger partial charge in [-0.2, -0.15) is 11.8 Å². The molecule has 0 aliphatic carbocycles. The van der Waals surface area contributed by atoms with Crippen molar-refractivity contribution in [2.75, 3.05) is 18.8 Å². The van der Waals surface area contributed by atoms with Crippen molar-refractivity contribution < 1.29 is 5.11 Å². The van der Waals surface area contributed by atoms with Gasteiger partial charge in [0.05, 0.1) is 6.10 Å². The lowest BCUT2D eigenvalue weighted by Crippen LogP contribution is -2.30. The van der Waals surface area contributed by atoms with Crippen molar-refractivity contribution in [3.05, 3.63) is 35.9 Å². The van der Waals surface area contributed by atoms with E-state index in [0.717, 1.165) is 17.4 Å². The maximum Gasteiger partial charge on any atom is 0.0914 e. The smallest absolute Gasteiger partial charge is 0.0914 e. The monoisotopic (exact) mass is 251 g/mol. The van der Waals surface area contributed by atoms with E-state index in [2.05, 4.69) is 17.1 Å². The molecule has 2 unspecified atom stereocenters. The summed E-state index contributed by atoms with van der Waals surface area (Å²) in [6.07, 6.45) is 3.66. The summed E-state index contributed by atoms with van der Waals surface area (Å²) in [6.45, 7) is 1.68. The van der Waals surface area contributed by atoms with E-state index in [0.29, 0.717) is 6.54 Å². The molecule has 0 spiro atoms. The third kappa shape index (κ3) is 4.34. The highest BCUT2D eigenvalue weighted by molar-refractivity contribution is 7.99. The number of benzene rings is 1. The van der Waals surface area contributed by atoms with Crippen LogP contribution in [0.3, 0.4) is 0 Å². The lowest BCUT2D eigenvalue weighted by atomic mass is 10.1. The van der Waals surface area contributed by atoms with Gasteiger partial charge in [-0.25, -0.2) is 0 Å². The molecule has 3 heteroatoms. The summed E-state index contributed by atoms with van der Waals surface area (Å²) in [6, 6.07) is 9.86. The largest absolute Gasteiger partial charge is 0.387 e. The van der Waals surface area contributed by atoms with Crippen molar-refractivity contribution >= 4 is 11.8 Å². The molecule has 1 saturated heterocycles. The molecule has 0 radical (unpaired) electrons. The Bertz CT molecular complexity index is 311. The van der Waals surface area contributed by atoms with Crippen molar-refractivity contribution in [2.24, 2.45) is 0 Å². The standard InChI is InChI=1S/C14H21NOS/c16-14(12-6-2-1-3-7-12)11-15-10-13-8-4-5-9-17-13/h1-3,6-7,13-16H,4-5,8-11H2. The van der Waals surface area contributed by atoms with Crippen LogP contribution in [0.1, 0.15) is 30.9 Å². The highest BCUT2D eigenvalue weighted by Gasteiger charge is 2.14. The van der Waals surface area contributed by atoms with Crippen molar-refractivity contribution in [3.63, 3.8) is 0 Å². The van der Waals surface area contributed by atoms with Gasteiger partial charge in [0.25, 0.3) is 0 Å². The van der Waals surface area contributed by atoms with E-state index in [1.807, 2.05) is 30.3 Å². The van der Waals surface area contributed by atoms with Gasteiger partial charge in [-0.3, -0.25) is 0 Å². The fourth-order valence-corrected chi connectivity index (χ4v) is 3.42. The second kappa shape index (κ2) is 7.04. The van der Waals surface area contributed by atoms with Gasteiger partial charge in [-0.15, -0.1) is 0 Å². The van der Waals surface area contributed by atoms with E-state index in [9.17, 15) is 5.11 Å². The van der Waals surface area contributed by atoms with Crippen LogP contribution >= 0.6 is 11.8 Å². The lowest BCUT2D eigenvalue weighted by Gasteiger charge is -2.22. The molecular weight excluding hydrogens is 230 g/mol. The molecule has 1 aromatic carbocycles. The first-order valence-corrected chi connectivity index (χ1v) is 7.46. The molecule has 1 aliphatic rings. The zero-order chi connectivity index (χ0) is 11.9. The van der Waals surface area contributed by atoms with Gasteiger partial charge in [0, 0.05) is 18.3 Å². The Morgan fingerprint density at radius 2 is 2.12 bits per heavy atom. The molecule has 2 rings (SSSR count). The molecule has 94 valence electrons. The average molecular weight is 251 g/mol. The molecule has 0 aromatic heterocycles. The summed E-state index contributed by atoms with van der Waals surface area (Å²) in [5.41, 5.74) is 0.997. The first kappa shape index (κ1) is 12.9. The number of thioether (sulfide) groups is 1. The molecule has 17 heavy (non-hydrogen) atoms. The topological polar surface area (TPSA) is 32.3 Å². The molecule has 1 fully saturated rings.